The van der Waals surface area contributed by atoms with E-state index in [9.17, 15) is 14.7 Å². The fourth-order valence-corrected chi connectivity index (χ4v) is 2.76. The maximum Gasteiger partial charge on any atom is 0.410 e. The van der Waals surface area contributed by atoms with E-state index < -0.39 is 12.1 Å². The van der Waals surface area contributed by atoms with E-state index in [2.05, 4.69) is 5.32 Å². The second-order valence-electron chi connectivity index (χ2n) is 6.43. The Hall–Kier alpha value is -2.08. The Morgan fingerprint density at radius 2 is 2.04 bits per heavy atom. The summed E-state index contributed by atoms with van der Waals surface area (Å²) in [6.45, 7) is 4.45. The molecule has 0 spiro atoms. The number of hydrogen-bond acceptors (Lipinski definition) is 4. The van der Waals surface area contributed by atoms with E-state index >= 15 is 0 Å². The van der Waals surface area contributed by atoms with E-state index in [4.69, 9.17) is 4.74 Å². The minimum atomic E-state index is -0.527. The van der Waals surface area contributed by atoms with Crippen LogP contribution in [0.25, 0.3) is 0 Å². The average molecular weight is 334 g/mol. The van der Waals surface area contributed by atoms with Crippen molar-refractivity contribution in [3.8, 4) is 0 Å². The van der Waals surface area contributed by atoms with Crippen LogP contribution in [0.5, 0.6) is 0 Å². The first-order chi connectivity index (χ1) is 11.5. The van der Waals surface area contributed by atoms with Crippen LogP contribution >= 0.6 is 0 Å². The first kappa shape index (κ1) is 18.3. The molecule has 24 heavy (non-hydrogen) atoms. The number of nitrogens with one attached hydrogen (secondary N) is 1. The molecule has 1 fully saturated rings. The molecule has 1 aliphatic rings. The number of aliphatic hydroxyl groups excluding tert-OH is 1. The molecule has 2 amide bonds. The molecule has 1 heterocycles. The molecule has 1 aliphatic heterocycles. The van der Waals surface area contributed by atoms with E-state index in [0.29, 0.717) is 13.0 Å². The van der Waals surface area contributed by atoms with Gasteiger partial charge in [-0.15, -0.1) is 0 Å². The lowest BCUT2D eigenvalue weighted by molar-refractivity contribution is -0.126. The summed E-state index contributed by atoms with van der Waals surface area (Å²) in [6, 6.07) is 8.61. The predicted molar refractivity (Wildman–Crippen MR) is 90.2 cm³/mol. The molecule has 1 aromatic carbocycles. The molecular formula is C18H26N2O4. The smallest absolute Gasteiger partial charge is 0.410 e. The molecule has 0 bridgehead atoms. The lowest BCUT2D eigenvalue weighted by atomic mass is 10.0. The molecular weight excluding hydrogens is 308 g/mol. The molecule has 6 nitrogen and oxygen atoms in total. The Kier molecular flexibility index (Phi) is 6.61. The molecule has 0 saturated carbocycles. The Labute approximate surface area is 142 Å². The van der Waals surface area contributed by atoms with Gasteiger partial charge in [-0.25, -0.2) is 4.79 Å². The third kappa shape index (κ3) is 4.71. The van der Waals surface area contributed by atoms with Crippen molar-refractivity contribution < 1.29 is 19.4 Å². The number of carbonyl (C=O) groups excluding carboxylic acids is 2. The maximum absolute atomic E-state index is 12.4. The molecule has 0 radical (unpaired) electrons. The fourth-order valence-electron chi connectivity index (χ4n) is 2.76. The van der Waals surface area contributed by atoms with E-state index in [1.54, 1.807) is 0 Å². The van der Waals surface area contributed by atoms with Crippen molar-refractivity contribution >= 4 is 12.0 Å². The fraction of sp³-hybridized carbons (Fsp3) is 0.556. The molecule has 0 aliphatic carbocycles. The van der Waals surface area contributed by atoms with Crippen LogP contribution in [0.1, 0.15) is 32.3 Å². The van der Waals surface area contributed by atoms with Crippen molar-refractivity contribution in [3.63, 3.8) is 0 Å². The number of hydrogen-bond donors (Lipinski definition) is 2. The highest BCUT2D eigenvalue weighted by molar-refractivity contribution is 5.86. The molecule has 2 N–H and O–H groups in total. The minimum Gasteiger partial charge on any atom is -0.445 e. The first-order valence-corrected chi connectivity index (χ1v) is 8.41. The van der Waals surface area contributed by atoms with Crippen molar-refractivity contribution in [2.24, 2.45) is 5.92 Å². The standard InChI is InChI=1S/C18H26N2O4/c1-13(2)15(11-21)19-17(22)16-9-6-10-20(16)18(23)24-12-14-7-4-3-5-8-14/h3-5,7-8,13,15-16,21H,6,9-12H2,1-2H3,(H,19,22)/t15-,16+/m0/s1. The van der Waals surface area contributed by atoms with Gasteiger partial charge in [-0.1, -0.05) is 44.2 Å². The van der Waals surface area contributed by atoms with Crippen molar-refractivity contribution in [2.45, 2.75) is 45.4 Å². The Bertz CT molecular complexity index is 547. The lowest BCUT2D eigenvalue weighted by Gasteiger charge is -2.26. The molecule has 132 valence electrons. The van der Waals surface area contributed by atoms with Crippen LogP contribution in [0.15, 0.2) is 30.3 Å². The topological polar surface area (TPSA) is 78.9 Å². The third-order valence-electron chi connectivity index (χ3n) is 4.32. The van der Waals surface area contributed by atoms with Gasteiger partial charge >= 0.3 is 6.09 Å². The van der Waals surface area contributed by atoms with Gasteiger partial charge in [0.15, 0.2) is 0 Å². The average Bonchev–Trinajstić information content (AvgIpc) is 3.08. The molecule has 0 unspecified atom stereocenters. The summed E-state index contributed by atoms with van der Waals surface area (Å²) in [5, 5.41) is 12.2. The summed E-state index contributed by atoms with van der Waals surface area (Å²) in [7, 11) is 0. The predicted octanol–water partition coefficient (Wildman–Crippen LogP) is 1.92. The van der Waals surface area contributed by atoms with Gasteiger partial charge < -0.3 is 15.2 Å². The number of nitrogens with zero attached hydrogens (tertiary/aromatic N) is 1. The highest BCUT2D eigenvalue weighted by atomic mass is 16.6. The Balaban J connectivity index is 1.91. The van der Waals surface area contributed by atoms with Crippen LogP contribution in [0, 0.1) is 5.92 Å². The molecule has 1 aromatic rings. The van der Waals surface area contributed by atoms with Gasteiger partial charge in [0.25, 0.3) is 0 Å². The van der Waals surface area contributed by atoms with E-state index in [0.717, 1.165) is 12.0 Å². The number of rotatable bonds is 6. The second kappa shape index (κ2) is 8.68. The van der Waals surface area contributed by atoms with Crippen molar-refractivity contribution in [2.75, 3.05) is 13.2 Å². The van der Waals surface area contributed by atoms with Gasteiger partial charge in [0.05, 0.1) is 12.6 Å². The lowest BCUT2D eigenvalue weighted by Crippen LogP contribution is -2.51. The summed E-state index contributed by atoms with van der Waals surface area (Å²) in [5.41, 5.74) is 0.909. The zero-order chi connectivity index (χ0) is 17.5. The molecule has 1 saturated heterocycles. The quantitative estimate of drug-likeness (QED) is 0.833. The van der Waals surface area contributed by atoms with Gasteiger partial charge in [0.1, 0.15) is 12.6 Å². The normalized spacial score (nSPS) is 18.5. The number of likely N-dealkylation sites (tertiary alicyclic amines) is 1. The Morgan fingerprint density at radius 3 is 2.67 bits per heavy atom. The van der Waals surface area contributed by atoms with Crippen LogP contribution in [0.2, 0.25) is 0 Å². The van der Waals surface area contributed by atoms with Crippen molar-refractivity contribution in [1.82, 2.24) is 10.2 Å². The van der Waals surface area contributed by atoms with Gasteiger partial charge in [-0.05, 0) is 24.3 Å². The largest absolute Gasteiger partial charge is 0.445 e. The zero-order valence-corrected chi connectivity index (χ0v) is 14.3. The summed E-state index contributed by atoms with van der Waals surface area (Å²) in [6.07, 6.45) is 0.911. The highest BCUT2D eigenvalue weighted by Crippen LogP contribution is 2.19. The maximum atomic E-state index is 12.4. The molecule has 6 heteroatoms. The van der Waals surface area contributed by atoms with Crippen LogP contribution in [0.4, 0.5) is 4.79 Å². The summed E-state index contributed by atoms with van der Waals surface area (Å²) in [5.74, 6) is -0.101. The van der Waals surface area contributed by atoms with E-state index in [1.165, 1.54) is 4.90 Å². The van der Waals surface area contributed by atoms with Crippen LogP contribution in [-0.2, 0) is 16.1 Å². The van der Waals surface area contributed by atoms with Crippen LogP contribution in [-0.4, -0.2) is 47.2 Å². The molecule has 2 rings (SSSR count). The minimum absolute atomic E-state index is 0.116. The third-order valence-corrected chi connectivity index (χ3v) is 4.32. The summed E-state index contributed by atoms with van der Waals surface area (Å²) in [4.78, 5) is 26.2. The van der Waals surface area contributed by atoms with Crippen LogP contribution in [0.3, 0.4) is 0 Å². The van der Waals surface area contributed by atoms with Gasteiger partial charge in [0.2, 0.25) is 5.91 Å². The van der Waals surface area contributed by atoms with Crippen molar-refractivity contribution in [3.05, 3.63) is 35.9 Å². The second-order valence-corrected chi connectivity index (χ2v) is 6.43. The van der Waals surface area contributed by atoms with E-state index in [1.807, 2.05) is 44.2 Å². The number of ether oxygens (including phenoxy) is 1. The number of amides is 2. The number of carbonyl (C=O) groups is 2. The Morgan fingerprint density at radius 1 is 1.33 bits per heavy atom. The zero-order valence-electron chi connectivity index (χ0n) is 14.3. The van der Waals surface area contributed by atoms with E-state index in [-0.39, 0.29) is 31.1 Å². The number of benzene rings is 1. The number of aliphatic hydroxyl groups is 1. The monoisotopic (exact) mass is 334 g/mol. The summed E-state index contributed by atoms with van der Waals surface area (Å²) >= 11 is 0. The summed E-state index contributed by atoms with van der Waals surface area (Å²) < 4.78 is 5.33. The van der Waals surface area contributed by atoms with Gasteiger partial charge in [-0.2, -0.15) is 0 Å². The first-order valence-electron chi connectivity index (χ1n) is 8.41. The molecule has 0 aromatic heterocycles. The van der Waals surface area contributed by atoms with Gasteiger partial charge in [0, 0.05) is 6.54 Å². The van der Waals surface area contributed by atoms with Gasteiger partial charge in [-0.3, -0.25) is 9.69 Å². The van der Waals surface area contributed by atoms with Crippen LogP contribution < -0.4 is 5.32 Å². The van der Waals surface area contributed by atoms with Crippen molar-refractivity contribution in [1.29, 1.82) is 0 Å². The SMILES string of the molecule is CC(C)[C@H](CO)NC(=O)[C@H]1CCCN1C(=O)OCc1ccccc1. The molecule has 2 atom stereocenters. The highest BCUT2D eigenvalue weighted by Gasteiger charge is 2.36.